The Morgan fingerprint density at radius 2 is 1.88 bits per heavy atom. The highest BCUT2D eigenvalue weighted by Gasteiger charge is 2.06. The zero-order valence-corrected chi connectivity index (χ0v) is 14.0. The van der Waals surface area contributed by atoms with Crippen molar-refractivity contribution in [2.45, 2.75) is 20.3 Å². The summed E-state index contributed by atoms with van der Waals surface area (Å²) < 4.78 is 0. The summed E-state index contributed by atoms with van der Waals surface area (Å²) in [6.07, 6.45) is 4.13. The molecule has 0 saturated heterocycles. The lowest BCUT2D eigenvalue weighted by Gasteiger charge is -2.06. The van der Waals surface area contributed by atoms with Crippen molar-refractivity contribution >= 4 is 23.6 Å². The van der Waals surface area contributed by atoms with Crippen molar-refractivity contribution in [3.8, 4) is 0 Å². The van der Waals surface area contributed by atoms with Gasteiger partial charge in [-0.05, 0) is 43.2 Å². The second kappa shape index (κ2) is 8.67. The number of hydrogen-bond donors (Lipinski definition) is 2. The van der Waals surface area contributed by atoms with Crippen LogP contribution < -0.4 is 10.6 Å². The largest absolute Gasteiger partial charge is 0.352 e. The summed E-state index contributed by atoms with van der Waals surface area (Å²) in [5.74, 6) is -0.370. The maximum absolute atomic E-state index is 12.0. The summed E-state index contributed by atoms with van der Waals surface area (Å²) in [7, 11) is 0. The zero-order chi connectivity index (χ0) is 17.4. The number of amides is 2. The second-order valence-electron chi connectivity index (χ2n) is 5.57. The SMILES string of the molecule is CCCNC(=O)c1cccc(NC(=O)/C=C/c2cccc(C)c2)c1. The van der Waals surface area contributed by atoms with Crippen LogP contribution in [0, 0.1) is 6.92 Å². The van der Waals surface area contributed by atoms with Gasteiger partial charge in [0, 0.05) is 23.9 Å². The molecule has 2 amide bonds. The average Bonchev–Trinajstić information content (AvgIpc) is 2.58. The number of benzene rings is 2. The third kappa shape index (κ3) is 5.39. The maximum Gasteiger partial charge on any atom is 0.251 e. The van der Waals surface area contributed by atoms with E-state index >= 15 is 0 Å². The molecule has 0 aliphatic carbocycles. The third-order valence-electron chi connectivity index (χ3n) is 3.40. The van der Waals surface area contributed by atoms with Crippen molar-refractivity contribution in [3.05, 3.63) is 71.3 Å². The fourth-order valence-corrected chi connectivity index (χ4v) is 2.21. The van der Waals surface area contributed by atoms with E-state index in [0.717, 1.165) is 17.5 Å². The predicted octanol–water partition coefficient (Wildman–Crippen LogP) is 3.79. The van der Waals surface area contributed by atoms with Gasteiger partial charge in [0.2, 0.25) is 5.91 Å². The molecule has 2 rings (SSSR count). The Morgan fingerprint density at radius 3 is 2.62 bits per heavy atom. The molecule has 0 bridgehead atoms. The molecule has 0 aliphatic heterocycles. The molecular weight excluding hydrogens is 300 g/mol. The second-order valence-corrected chi connectivity index (χ2v) is 5.57. The molecule has 2 aromatic rings. The lowest BCUT2D eigenvalue weighted by Crippen LogP contribution is -2.24. The van der Waals surface area contributed by atoms with Crippen molar-refractivity contribution in [1.29, 1.82) is 0 Å². The van der Waals surface area contributed by atoms with Crippen molar-refractivity contribution in [2.75, 3.05) is 11.9 Å². The summed E-state index contributed by atoms with van der Waals surface area (Å²) in [5, 5.41) is 5.59. The first-order valence-electron chi connectivity index (χ1n) is 8.02. The molecule has 4 heteroatoms. The van der Waals surface area contributed by atoms with Crippen LogP contribution in [-0.4, -0.2) is 18.4 Å². The van der Waals surface area contributed by atoms with Gasteiger partial charge in [-0.15, -0.1) is 0 Å². The third-order valence-corrected chi connectivity index (χ3v) is 3.40. The van der Waals surface area contributed by atoms with E-state index < -0.39 is 0 Å². The highest BCUT2D eigenvalue weighted by atomic mass is 16.2. The minimum absolute atomic E-state index is 0.136. The number of aryl methyl sites for hydroxylation is 1. The average molecular weight is 322 g/mol. The molecule has 0 spiro atoms. The van der Waals surface area contributed by atoms with E-state index in [9.17, 15) is 9.59 Å². The molecule has 2 aromatic carbocycles. The van der Waals surface area contributed by atoms with Crippen LogP contribution in [0.2, 0.25) is 0 Å². The fourth-order valence-electron chi connectivity index (χ4n) is 2.21. The number of carbonyl (C=O) groups is 2. The van der Waals surface area contributed by atoms with Gasteiger partial charge in [-0.2, -0.15) is 0 Å². The Morgan fingerprint density at radius 1 is 1.08 bits per heavy atom. The summed E-state index contributed by atoms with van der Waals surface area (Å²) in [5.41, 5.74) is 3.24. The number of rotatable bonds is 6. The summed E-state index contributed by atoms with van der Waals surface area (Å²) >= 11 is 0. The topological polar surface area (TPSA) is 58.2 Å². The van der Waals surface area contributed by atoms with Crippen LogP contribution in [0.5, 0.6) is 0 Å². The molecule has 0 saturated carbocycles. The normalized spacial score (nSPS) is 10.6. The molecule has 0 atom stereocenters. The summed E-state index contributed by atoms with van der Waals surface area (Å²) in [6, 6.07) is 14.8. The molecule has 0 aliphatic rings. The van der Waals surface area contributed by atoms with Crippen molar-refractivity contribution < 1.29 is 9.59 Å². The van der Waals surface area contributed by atoms with Crippen LogP contribution in [0.25, 0.3) is 6.08 Å². The number of hydrogen-bond acceptors (Lipinski definition) is 2. The van der Waals surface area contributed by atoms with E-state index in [1.807, 2.05) is 38.1 Å². The van der Waals surface area contributed by atoms with Crippen molar-refractivity contribution in [3.63, 3.8) is 0 Å². The molecule has 0 fully saturated rings. The van der Waals surface area contributed by atoms with Gasteiger partial charge in [-0.1, -0.05) is 42.8 Å². The van der Waals surface area contributed by atoms with Gasteiger partial charge in [-0.3, -0.25) is 9.59 Å². The van der Waals surface area contributed by atoms with E-state index in [0.29, 0.717) is 17.8 Å². The van der Waals surface area contributed by atoms with Crippen molar-refractivity contribution in [1.82, 2.24) is 5.32 Å². The van der Waals surface area contributed by atoms with Crippen LogP contribution in [0.15, 0.2) is 54.6 Å². The molecule has 0 unspecified atom stereocenters. The van der Waals surface area contributed by atoms with E-state index in [4.69, 9.17) is 0 Å². The Labute approximate surface area is 142 Å². The molecule has 4 nitrogen and oxygen atoms in total. The molecule has 0 heterocycles. The van der Waals surface area contributed by atoms with E-state index in [-0.39, 0.29) is 11.8 Å². The first-order valence-corrected chi connectivity index (χ1v) is 8.02. The molecule has 0 aromatic heterocycles. The van der Waals surface area contributed by atoms with Crippen molar-refractivity contribution in [2.24, 2.45) is 0 Å². The van der Waals surface area contributed by atoms with Crippen LogP contribution in [0.4, 0.5) is 5.69 Å². The van der Waals surface area contributed by atoms with Gasteiger partial charge in [0.25, 0.3) is 5.91 Å². The zero-order valence-electron chi connectivity index (χ0n) is 14.0. The van der Waals surface area contributed by atoms with Crippen LogP contribution in [-0.2, 0) is 4.79 Å². The van der Waals surface area contributed by atoms with E-state index in [2.05, 4.69) is 10.6 Å². The van der Waals surface area contributed by atoms with Gasteiger partial charge >= 0.3 is 0 Å². The minimum atomic E-state index is -0.234. The van der Waals surface area contributed by atoms with Gasteiger partial charge < -0.3 is 10.6 Å². The van der Waals surface area contributed by atoms with E-state index in [1.165, 1.54) is 6.08 Å². The van der Waals surface area contributed by atoms with Crippen LogP contribution in [0.3, 0.4) is 0 Å². The standard InChI is InChI=1S/C20H22N2O2/c1-3-12-21-20(24)17-8-5-9-18(14-17)22-19(23)11-10-16-7-4-6-15(2)13-16/h4-11,13-14H,3,12H2,1-2H3,(H,21,24)(H,22,23)/b11-10+. The number of anilines is 1. The Hall–Kier alpha value is -2.88. The lowest BCUT2D eigenvalue weighted by atomic mass is 10.1. The highest BCUT2D eigenvalue weighted by Crippen LogP contribution is 2.11. The quantitative estimate of drug-likeness (QED) is 0.795. The molecular formula is C20H22N2O2. The lowest BCUT2D eigenvalue weighted by molar-refractivity contribution is -0.111. The minimum Gasteiger partial charge on any atom is -0.352 e. The highest BCUT2D eigenvalue weighted by molar-refractivity contribution is 6.03. The van der Waals surface area contributed by atoms with Gasteiger partial charge in [0.05, 0.1) is 0 Å². The van der Waals surface area contributed by atoms with Crippen LogP contribution >= 0.6 is 0 Å². The first-order chi connectivity index (χ1) is 11.6. The summed E-state index contributed by atoms with van der Waals surface area (Å²) in [6.45, 7) is 4.64. The van der Waals surface area contributed by atoms with Crippen LogP contribution in [0.1, 0.15) is 34.8 Å². The Balaban J connectivity index is 2.00. The summed E-state index contributed by atoms with van der Waals surface area (Å²) in [4.78, 5) is 24.0. The predicted molar refractivity (Wildman–Crippen MR) is 97.9 cm³/mol. The fraction of sp³-hybridized carbons (Fsp3) is 0.200. The molecule has 2 N–H and O–H groups in total. The maximum atomic E-state index is 12.0. The monoisotopic (exact) mass is 322 g/mol. The molecule has 24 heavy (non-hydrogen) atoms. The van der Waals surface area contributed by atoms with Gasteiger partial charge in [-0.25, -0.2) is 0 Å². The smallest absolute Gasteiger partial charge is 0.251 e. The number of nitrogens with one attached hydrogen (secondary N) is 2. The van der Waals surface area contributed by atoms with E-state index in [1.54, 1.807) is 30.3 Å². The Kier molecular flexibility index (Phi) is 6.32. The first kappa shape index (κ1) is 17.5. The van der Waals surface area contributed by atoms with Gasteiger partial charge in [0.1, 0.15) is 0 Å². The molecule has 0 radical (unpaired) electrons. The number of carbonyl (C=O) groups excluding carboxylic acids is 2. The Bertz CT molecular complexity index is 751. The van der Waals surface area contributed by atoms with Gasteiger partial charge in [0.15, 0.2) is 0 Å². The molecule has 124 valence electrons.